The minimum atomic E-state index is 0.159. The molecule has 1 aromatic rings. The molecule has 2 rings (SSSR count). The SMILES string of the molecule is C[C@@H](N)c1cccn1C1CCCCC1. The van der Waals surface area contributed by atoms with Gasteiger partial charge >= 0.3 is 0 Å². The molecule has 0 unspecified atom stereocenters. The lowest BCUT2D eigenvalue weighted by molar-refractivity contribution is 0.344. The molecular weight excluding hydrogens is 172 g/mol. The van der Waals surface area contributed by atoms with Crippen LogP contribution in [0.5, 0.6) is 0 Å². The van der Waals surface area contributed by atoms with Crippen molar-refractivity contribution in [2.24, 2.45) is 5.73 Å². The first-order chi connectivity index (χ1) is 6.79. The number of nitrogens with two attached hydrogens (primary N) is 1. The quantitative estimate of drug-likeness (QED) is 0.767. The van der Waals surface area contributed by atoms with Crippen LogP contribution >= 0.6 is 0 Å². The highest BCUT2D eigenvalue weighted by atomic mass is 15.0. The van der Waals surface area contributed by atoms with E-state index in [-0.39, 0.29) is 6.04 Å². The summed E-state index contributed by atoms with van der Waals surface area (Å²) in [6.07, 6.45) is 9.01. The maximum atomic E-state index is 5.94. The van der Waals surface area contributed by atoms with E-state index in [4.69, 9.17) is 5.73 Å². The highest BCUT2D eigenvalue weighted by molar-refractivity contribution is 5.12. The topological polar surface area (TPSA) is 30.9 Å². The first kappa shape index (κ1) is 9.78. The average Bonchev–Trinajstić information content (AvgIpc) is 2.67. The molecule has 1 heterocycles. The monoisotopic (exact) mass is 192 g/mol. The largest absolute Gasteiger partial charge is 0.347 e. The van der Waals surface area contributed by atoms with Crippen LogP contribution in [0.3, 0.4) is 0 Å². The van der Waals surface area contributed by atoms with E-state index >= 15 is 0 Å². The number of hydrogen-bond acceptors (Lipinski definition) is 1. The number of aromatic nitrogens is 1. The lowest BCUT2D eigenvalue weighted by Gasteiger charge is -2.26. The zero-order chi connectivity index (χ0) is 9.97. The molecule has 0 aliphatic heterocycles. The molecule has 0 aromatic carbocycles. The van der Waals surface area contributed by atoms with Crippen LogP contribution in [0.1, 0.15) is 56.8 Å². The van der Waals surface area contributed by atoms with Gasteiger partial charge in [-0.1, -0.05) is 19.3 Å². The predicted molar refractivity (Wildman–Crippen MR) is 59.2 cm³/mol. The molecule has 0 radical (unpaired) electrons. The highest BCUT2D eigenvalue weighted by Crippen LogP contribution is 2.30. The van der Waals surface area contributed by atoms with Gasteiger partial charge in [-0.15, -0.1) is 0 Å². The van der Waals surface area contributed by atoms with Crippen molar-refractivity contribution in [3.63, 3.8) is 0 Å². The lowest BCUT2D eigenvalue weighted by atomic mass is 9.95. The molecule has 0 amide bonds. The fourth-order valence-corrected chi connectivity index (χ4v) is 2.49. The summed E-state index contributed by atoms with van der Waals surface area (Å²) in [5.41, 5.74) is 7.23. The summed E-state index contributed by atoms with van der Waals surface area (Å²) in [7, 11) is 0. The first-order valence-electron chi connectivity index (χ1n) is 5.71. The van der Waals surface area contributed by atoms with Crippen molar-refractivity contribution < 1.29 is 0 Å². The minimum absolute atomic E-state index is 0.159. The third kappa shape index (κ3) is 1.85. The van der Waals surface area contributed by atoms with E-state index in [1.54, 1.807) is 0 Å². The maximum absolute atomic E-state index is 5.94. The van der Waals surface area contributed by atoms with E-state index in [0.717, 1.165) is 0 Å². The van der Waals surface area contributed by atoms with Crippen molar-refractivity contribution in [2.75, 3.05) is 0 Å². The van der Waals surface area contributed by atoms with Crippen molar-refractivity contribution in [3.8, 4) is 0 Å². The van der Waals surface area contributed by atoms with E-state index in [9.17, 15) is 0 Å². The lowest BCUT2D eigenvalue weighted by Crippen LogP contribution is -2.18. The highest BCUT2D eigenvalue weighted by Gasteiger charge is 2.17. The van der Waals surface area contributed by atoms with Gasteiger partial charge in [0.15, 0.2) is 0 Å². The molecule has 0 saturated heterocycles. The zero-order valence-corrected chi connectivity index (χ0v) is 8.95. The minimum Gasteiger partial charge on any atom is -0.347 e. The van der Waals surface area contributed by atoms with Gasteiger partial charge in [0.2, 0.25) is 0 Å². The van der Waals surface area contributed by atoms with Gasteiger partial charge in [-0.3, -0.25) is 0 Å². The van der Waals surface area contributed by atoms with Crippen molar-refractivity contribution in [1.82, 2.24) is 4.57 Å². The third-order valence-corrected chi connectivity index (χ3v) is 3.25. The molecule has 0 spiro atoms. The Hall–Kier alpha value is -0.760. The van der Waals surface area contributed by atoms with Crippen LogP contribution in [0.25, 0.3) is 0 Å². The van der Waals surface area contributed by atoms with Gasteiger partial charge < -0.3 is 10.3 Å². The Morgan fingerprint density at radius 1 is 1.36 bits per heavy atom. The Kier molecular flexibility index (Phi) is 2.92. The van der Waals surface area contributed by atoms with Gasteiger partial charge in [-0.2, -0.15) is 0 Å². The van der Waals surface area contributed by atoms with Crippen LogP contribution in [0.2, 0.25) is 0 Å². The van der Waals surface area contributed by atoms with Crippen LogP contribution in [0.15, 0.2) is 18.3 Å². The Labute approximate surface area is 86.1 Å². The van der Waals surface area contributed by atoms with E-state index in [1.807, 2.05) is 0 Å². The number of hydrogen-bond donors (Lipinski definition) is 1. The van der Waals surface area contributed by atoms with Crippen molar-refractivity contribution in [3.05, 3.63) is 24.0 Å². The van der Waals surface area contributed by atoms with E-state index in [0.29, 0.717) is 6.04 Å². The molecule has 1 aromatic heterocycles. The van der Waals surface area contributed by atoms with E-state index < -0.39 is 0 Å². The zero-order valence-electron chi connectivity index (χ0n) is 8.95. The first-order valence-corrected chi connectivity index (χ1v) is 5.71. The third-order valence-electron chi connectivity index (χ3n) is 3.25. The summed E-state index contributed by atoms with van der Waals surface area (Å²) in [6.45, 7) is 2.06. The van der Waals surface area contributed by atoms with Crippen LogP contribution in [-0.4, -0.2) is 4.57 Å². The van der Waals surface area contributed by atoms with Crippen LogP contribution in [0.4, 0.5) is 0 Å². The summed E-state index contributed by atoms with van der Waals surface area (Å²) in [5.74, 6) is 0. The molecule has 1 aliphatic rings. The second-order valence-corrected chi connectivity index (χ2v) is 4.42. The molecule has 1 fully saturated rings. The molecule has 0 bridgehead atoms. The average molecular weight is 192 g/mol. The fraction of sp³-hybridized carbons (Fsp3) is 0.667. The fourth-order valence-electron chi connectivity index (χ4n) is 2.49. The molecule has 1 aliphatic carbocycles. The molecule has 78 valence electrons. The Bertz CT molecular complexity index is 282. The van der Waals surface area contributed by atoms with Gasteiger partial charge in [0.05, 0.1) is 0 Å². The van der Waals surface area contributed by atoms with Crippen molar-refractivity contribution in [2.45, 2.75) is 51.1 Å². The van der Waals surface area contributed by atoms with E-state index in [2.05, 4.69) is 29.8 Å². The Morgan fingerprint density at radius 2 is 2.07 bits per heavy atom. The maximum Gasteiger partial charge on any atom is 0.0421 e. The summed E-state index contributed by atoms with van der Waals surface area (Å²) < 4.78 is 2.39. The van der Waals surface area contributed by atoms with Gasteiger partial charge in [-0.05, 0) is 31.9 Å². The van der Waals surface area contributed by atoms with Crippen molar-refractivity contribution >= 4 is 0 Å². The predicted octanol–water partition coefficient (Wildman–Crippen LogP) is 3.01. The van der Waals surface area contributed by atoms with Crippen LogP contribution in [-0.2, 0) is 0 Å². The second kappa shape index (κ2) is 4.18. The van der Waals surface area contributed by atoms with Gasteiger partial charge in [0, 0.05) is 24.0 Å². The summed E-state index contributed by atoms with van der Waals surface area (Å²) in [4.78, 5) is 0. The molecule has 14 heavy (non-hydrogen) atoms. The molecule has 2 nitrogen and oxygen atoms in total. The molecule has 1 atom stereocenters. The number of nitrogens with zero attached hydrogens (tertiary/aromatic N) is 1. The summed E-state index contributed by atoms with van der Waals surface area (Å²) >= 11 is 0. The Balaban J connectivity index is 2.17. The summed E-state index contributed by atoms with van der Waals surface area (Å²) in [5, 5.41) is 0. The van der Waals surface area contributed by atoms with Crippen LogP contribution in [0, 0.1) is 0 Å². The van der Waals surface area contributed by atoms with Gasteiger partial charge in [-0.25, -0.2) is 0 Å². The van der Waals surface area contributed by atoms with E-state index in [1.165, 1.54) is 37.8 Å². The molecule has 2 heteroatoms. The van der Waals surface area contributed by atoms with Crippen molar-refractivity contribution in [1.29, 1.82) is 0 Å². The van der Waals surface area contributed by atoms with Gasteiger partial charge in [0.1, 0.15) is 0 Å². The second-order valence-electron chi connectivity index (χ2n) is 4.42. The summed E-state index contributed by atoms with van der Waals surface area (Å²) in [6, 6.07) is 5.14. The smallest absolute Gasteiger partial charge is 0.0421 e. The van der Waals surface area contributed by atoms with Gasteiger partial charge in [0.25, 0.3) is 0 Å². The molecule has 1 saturated carbocycles. The normalized spacial score (nSPS) is 21.0. The standard InChI is InChI=1S/C12H20N2/c1-10(13)12-8-5-9-14(12)11-6-3-2-4-7-11/h5,8-11H,2-4,6-7,13H2,1H3/t10-/m1/s1. The molecule has 2 N–H and O–H groups in total. The number of rotatable bonds is 2. The van der Waals surface area contributed by atoms with Crippen LogP contribution < -0.4 is 5.73 Å². The Morgan fingerprint density at radius 3 is 2.71 bits per heavy atom. The molecular formula is C12H20N2.